The van der Waals surface area contributed by atoms with Gasteiger partial charge >= 0.3 is 0 Å². The fourth-order valence-electron chi connectivity index (χ4n) is 1.43. The van der Waals surface area contributed by atoms with Gasteiger partial charge in [-0.2, -0.15) is 4.98 Å². The highest BCUT2D eigenvalue weighted by Gasteiger charge is 2.18. The number of H-pyrrole nitrogens is 1. The van der Waals surface area contributed by atoms with Gasteiger partial charge in [0.1, 0.15) is 10.0 Å². The Bertz CT molecular complexity index is 659. The van der Waals surface area contributed by atoms with Gasteiger partial charge < -0.3 is 4.90 Å². The van der Waals surface area contributed by atoms with Gasteiger partial charge in [0.25, 0.3) is 10.0 Å². The van der Waals surface area contributed by atoms with Crippen molar-refractivity contribution in [3.05, 3.63) is 22.8 Å². The topological polar surface area (TPSA) is 91.0 Å². The molecule has 2 aromatic heterocycles. The Labute approximate surface area is 115 Å². The maximum absolute atomic E-state index is 12.1. The molecule has 7 nitrogen and oxygen atoms in total. The van der Waals surface area contributed by atoms with E-state index < -0.39 is 10.0 Å². The number of aromatic amines is 1. The first-order chi connectivity index (χ1) is 8.90. The number of aromatic nitrogens is 3. The molecule has 0 aromatic carbocycles. The highest BCUT2D eigenvalue weighted by atomic mass is 32.2. The van der Waals surface area contributed by atoms with Crippen LogP contribution in [0.4, 0.5) is 5.95 Å². The van der Waals surface area contributed by atoms with Crippen molar-refractivity contribution in [2.45, 2.75) is 17.7 Å². The summed E-state index contributed by atoms with van der Waals surface area (Å²) in [5.74, 6) is 0.989. The van der Waals surface area contributed by atoms with Crippen LogP contribution >= 0.6 is 11.3 Å². The van der Waals surface area contributed by atoms with Crippen LogP contribution < -0.4 is 9.62 Å². The van der Waals surface area contributed by atoms with E-state index in [9.17, 15) is 8.42 Å². The van der Waals surface area contributed by atoms with E-state index in [2.05, 4.69) is 19.9 Å². The van der Waals surface area contributed by atoms with Crippen molar-refractivity contribution in [3.8, 4) is 0 Å². The van der Waals surface area contributed by atoms with E-state index >= 15 is 0 Å². The van der Waals surface area contributed by atoms with Gasteiger partial charge in [0.05, 0.1) is 6.54 Å². The monoisotopic (exact) mass is 301 g/mol. The molecule has 0 spiro atoms. The predicted molar refractivity (Wildman–Crippen MR) is 73.8 cm³/mol. The van der Waals surface area contributed by atoms with Gasteiger partial charge in [0.15, 0.2) is 0 Å². The lowest BCUT2D eigenvalue weighted by atomic mass is 10.4. The molecule has 2 aromatic rings. The molecule has 0 atom stereocenters. The molecule has 0 aliphatic carbocycles. The molecule has 0 radical (unpaired) electrons. The molecule has 104 valence electrons. The minimum absolute atomic E-state index is 0.0838. The van der Waals surface area contributed by atoms with Crippen molar-refractivity contribution in [2.75, 3.05) is 19.0 Å². The number of aryl methyl sites for hydroxylation is 1. The van der Waals surface area contributed by atoms with Crippen molar-refractivity contribution in [1.29, 1.82) is 0 Å². The normalized spacial score (nSPS) is 11.7. The summed E-state index contributed by atoms with van der Waals surface area (Å²) in [4.78, 5) is 5.89. The highest BCUT2D eigenvalue weighted by Crippen LogP contribution is 2.21. The number of nitrogens with zero attached hydrogens (tertiary/aromatic N) is 3. The number of nitrogens with one attached hydrogen (secondary N) is 2. The Morgan fingerprint density at radius 2 is 2.21 bits per heavy atom. The average molecular weight is 301 g/mol. The lowest BCUT2D eigenvalue weighted by Gasteiger charge is -2.04. The van der Waals surface area contributed by atoms with Gasteiger partial charge in [-0.05, 0) is 23.9 Å². The molecular weight excluding hydrogens is 286 g/mol. The van der Waals surface area contributed by atoms with Gasteiger partial charge in [-0.15, -0.1) is 16.4 Å². The van der Waals surface area contributed by atoms with Crippen LogP contribution in [0, 0.1) is 6.92 Å². The van der Waals surface area contributed by atoms with Crippen LogP contribution in [0.1, 0.15) is 11.4 Å². The third-order valence-electron chi connectivity index (χ3n) is 2.41. The second-order valence-electron chi connectivity index (χ2n) is 4.19. The van der Waals surface area contributed by atoms with Crippen molar-refractivity contribution in [3.63, 3.8) is 0 Å². The maximum atomic E-state index is 12.1. The number of sulfonamides is 1. The molecule has 19 heavy (non-hydrogen) atoms. The Morgan fingerprint density at radius 3 is 2.74 bits per heavy atom. The summed E-state index contributed by atoms with van der Waals surface area (Å²) in [5, 5.41) is 8.40. The molecule has 2 rings (SSSR count). The number of rotatable bonds is 5. The summed E-state index contributed by atoms with van der Waals surface area (Å²) in [6.07, 6.45) is 0. The number of hydrogen-bond acceptors (Lipinski definition) is 6. The summed E-state index contributed by atoms with van der Waals surface area (Å²) < 4.78 is 26.9. The summed E-state index contributed by atoms with van der Waals surface area (Å²) in [6.45, 7) is 1.85. The SMILES string of the molecule is Cc1ccsc1S(=O)(=O)NCc1nc(N(C)C)n[nH]1. The molecule has 2 N–H and O–H groups in total. The van der Waals surface area contributed by atoms with Crippen LogP contribution in [0.15, 0.2) is 15.7 Å². The quantitative estimate of drug-likeness (QED) is 0.849. The molecule has 9 heteroatoms. The first kappa shape index (κ1) is 14.0. The van der Waals surface area contributed by atoms with E-state index in [1.165, 1.54) is 11.3 Å². The van der Waals surface area contributed by atoms with E-state index in [0.717, 1.165) is 5.56 Å². The zero-order chi connectivity index (χ0) is 14.0. The minimum Gasteiger partial charge on any atom is -0.346 e. The molecule has 0 unspecified atom stereocenters. The summed E-state index contributed by atoms with van der Waals surface area (Å²) in [7, 11) is 0.134. The van der Waals surface area contributed by atoms with Crippen LogP contribution in [0.5, 0.6) is 0 Å². The molecule has 2 heterocycles. The van der Waals surface area contributed by atoms with Crippen LogP contribution in [0.3, 0.4) is 0 Å². The molecule has 0 fully saturated rings. The van der Waals surface area contributed by atoms with Gasteiger partial charge in [-0.3, -0.25) is 5.10 Å². The zero-order valence-electron chi connectivity index (χ0n) is 10.8. The molecule has 0 bridgehead atoms. The molecular formula is C10H15N5O2S2. The first-order valence-electron chi connectivity index (χ1n) is 5.52. The minimum atomic E-state index is -3.49. The van der Waals surface area contributed by atoms with Crippen molar-refractivity contribution >= 4 is 27.3 Å². The molecule has 0 saturated heterocycles. The molecule has 0 aliphatic heterocycles. The van der Waals surface area contributed by atoms with Gasteiger partial charge in [-0.1, -0.05) is 0 Å². The lowest BCUT2D eigenvalue weighted by Crippen LogP contribution is -2.23. The van der Waals surface area contributed by atoms with E-state index in [1.807, 2.05) is 14.1 Å². The average Bonchev–Trinajstić information content (AvgIpc) is 2.95. The number of anilines is 1. The third kappa shape index (κ3) is 3.11. The van der Waals surface area contributed by atoms with Crippen molar-refractivity contribution in [1.82, 2.24) is 19.9 Å². The van der Waals surface area contributed by atoms with Gasteiger partial charge in [0, 0.05) is 14.1 Å². The largest absolute Gasteiger partial charge is 0.346 e. The van der Waals surface area contributed by atoms with Crippen LogP contribution in [-0.4, -0.2) is 37.7 Å². The van der Waals surface area contributed by atoms with Crippen LogP contribution in [0.25, 0.3) is 0 Å². The van der Waals surface area contributed by atoms with E-state index in [4.69, 9.17) is 0 Å². The smallest absolute Gasteiger partial charge is 0.250 e. The van der Waals surface area contributed by atoms with Crippen molar-refractivity contribution < 1.29 is 8.42 Å². The first-order valence-corrected chi connectivity index (χ1v) is 7.89. The summed E-state index contributed by atoms with van der Waals surface area (Å²) >= 11 is 1.20. The van der Waals surface area contributed by atoms with E-state index in [1.54, 1.807) is 23.3 Å². The molecule has 0 aliphatic rings. The predicted octanol–water partition coefficient (Wildman–Crippen LogP) is 0.719. The Kier molecular flexibility index (Phi) is 3.88. The Hall–Kier alpha value is -1.45. The van der Waals surface area contributed by atoms with Crippen LogP contribution in [-0.2, 0) is 16.6 Å². The van der Waals surface area contributed by atoms with Crippen LogP contribution in [0.2, 0.25) is 0 Å². The summed E-state index contributed by atoms with van der Waals surface area (Å²) in [5.41, 5.74) is 0.740. The second-order valence-corrected chi connectivity index (χ2v) is 7.07. The zero-order valence-corrected chi connectivity index (χ0v) is 12.5. The summed E-state index contributed by atoms with van der Waals surface area (Å²) in [6, 6.07) is 1.78. The fraction of sp³-hybridized carbons (Fsp3) is 0.400. The molecule has 0 amide bonds. The van der Waals surface area contributed by atoms with E-state index in [0.29, 0.717) is 16.0 Å². The maximum Gasteiger partial charge on any atom is 0.250 e. The van der Waals surface area contributed by atoms with Gasteiger partial charge in [0.2, 0.25) is 5.95 Å². The Morgan fingerprint density at radius 1 is 1.47 bits per heavy atom. The Balaban J connectivity index is 2.08. The van der Waals surface area contributed by atoms with E-state index in [-0.39, 0.29) is 6.54 Å². The van der Waals surface area contributed by atoms with Crippen molar-refractivity contribution in [2.24, 2.45) is 0 Å². The number of thiophene rings is 1. The standard InChI is InChI=1S/C10H15N5O2S2/c1-7-4-5-18-9(7)19(16,17)11-6-8-12-10(14-13-8)15(2)3/h4-5,11H,6H2,1-3H3,(H,12,13,14). The second kappa shape index (κ2) is 5.27. The molecule has 0 saturated carbocycles. The lowest BCUT2D eigenvalue weighted by molar-refractivity contribution is 0.581. The van der Waals surface area contributed by atoms with Gasteiger partial charge in [-0.25, -0.2) is 13.1 Å². The highest BCUT2D eigenvalue weighted by molar-refractivity contribution is 7.91. The third-order valence-corrected chi connectivity index (χ3v) is 5.50. The number of hydrogen-bond donors (Lipinski definition) is 2. The fourth-order valence-corrected chi connectivity index (χ4v) is 3.88.